The second kappa shape index (κ2) is 3.95. The third kappa shape index (κ3) is 7.04. The highest BCUT2D eigenvalue weighted by atomic mass is 127. The fraction of sp³-hybridized carbons (Fsp3) is 1.00. The van der Waals surface area contributed by atoms with Crippen LogP contribution in [0.2, 0.25) is 0 Å². The Morgan fingerprint density at radius 3 is 2.00 bits per heavy atom. The van der Waals surface area contributed by atoms with Crippen molar-refractivity contribution in [3.8, 4) is 0 Å². The smallest absolute Gasteiger partial charge is 0.0880 e. The summed E-state index contributed by atoms with van der Waals surface area (Å²) in [5.41, 5.74) is 0. The van der Waals surface area contributed by atoms with E-state index in [1.54, 1.807) is 0 Å². The van der Waals surface area contributed by atoms with E-state index in [1.807, 2.05) is 8.93 Å². The summed E-state index contributed by atoms with van der Waals surface area (Å²) in [4.78, 5) is 0. The molecule has 0 amide bonds. The second-order valence-electron chi connectivity index (χ2n) is 2.83. The Hall–Kier alpha value is 1.04. The van der Waals surface area contributed by atoms with E-state index in [2.05, 4.69) is 42.3 Å². The zero-order valence-electron chi connectivity index (χ0n) is 5.65. The molecule has 0 aliphatic heterocycles. The zero-order chi connectivity index (χ0) is 6.62. The minimum absolute atomic E-state index is 1.08. The van der Waals surface area contributed by atoms with E-state index < -0.39 is 0 Å². The van der Waals surface area contributed by atoms with Gasteiger partial charge in [0.05, 0.1) is 33.4 Å². The molecule has 0 saturated carbocycles. The number of hydrogen-bond acceptors (Lipinski definition) is 1. The van der Waals surface area contributed by atoms with Crippen molar-refractivity contribution >= 4 is 30.1 Å². The highest BCUT2D eigenvalue weighted by Crippen LogP contribution is 2.10. The Morgan fingerprint density at radius 1 is 1.38 bits per heavy atom. The molecule has 0 rings (SSSR count). The first-order valence-corrected chi connectivity index (χ1v) is 6.13. The molecule has 0 aromatic heterocycles. The van der Waals surface area contributed by atoms with Crippen molar-refractivity contribution in [3.63, 3.8) is 0 Å². The van der Waals surface area contributed by atoms with Crippen LogP contribution >= 0.6 is 30.1 Å². The van der Waals surface area contributed by atoms with Crippen molar-refractivity contribution in [1.82, 2.24) is 0 Å². The molecule has 0 N–H and O–H groups in total. The summed E-state index contributed by atoms with van der Waals surface area (Å²) in [6.07, 6.45) is 0. The first kappa shape index (κ1) is 9.04. The first-order chi connectivity index (χ1) is 3.56. The molecule has 0 spiro atoms. The Kier molecular flexibility index (Phi) is 4.47. The molecular weight excluding hydrogens is 233 g/mol. The molecule has 0 aliphatic carbocycles. The van der Waals surface area contributed by atoms with Crippen LogP contribution in [-0.4, -0.2) is 37.9 Å². The van der Waals surface area contributed by atoms with Gasteiger partial charge in [-0.1, -0.05) is 8.93 Å². The number of quaternary nitrogens is 1. The van der Waals surface area contributed by atoms with Crippen molar-refractivity contribution < 1.29 is 4.48 Å². The molecule has 1 nitrogen and oxygen atoms in total. The van der Waals surface area contributed by atoms with Crippen LogP contribution < -0.4 is 0 Å². The van der Waals surface area contributed by atoms with Crippen LogP contribution in [0.1, 0.15) is 0 Å². The van der Waals surface area contributed by atoms with Crippen molar-refractivity contribution in [2.24, 2.45) is 0 Å². The SMILES string of the molecule is C[N+](C)(C)CCSI. The number of rotatable bonds is 3. The van der Waals surface area contributed by atoms with E-state index in [-0.39, 0.29) is 0 Å². The first-order valence-electron chi connectivity index (χ1n) is 2.60. The predicted octanol–water partition coefficient (Wildman–Crippen LogP) is 1.78. The monoisotopic (exact) mass is 246 g/mol. The number of hydrogen-bond donors (Lipinski definition) is 0. The fourth-order valence-corrected chi connectivity index (χ4v) is 1.52. The lowest BCUT2D eigenvalue weighted by atomic mass is 10.6. The van der Waals surface area contributed by atoms with Gasteiger partial charge in [0.15, 0.2) is 0 Å². The van der Waals surface area contributed by atoms with Crippen LogP contribution in [0.15, 0.2) is 0 Å². The normalized spacial score (nSPS) is 12.0. The summed E-state index contributed by atoms with van der Waals surface area (Å²) < 4.78 is 1.08. The maximum Gasteiger partial charge on any atom is 0.0880 e. The van der Waals surface area contributed by atoms with E-state index in [4.69, 9.17) is 0 Å². The molecular formula is C5H13INS+. The van der Waals surface area contributed by atoms with E-state index >= 15 is 0 Å². The Bertz CT molecular complexity index is 59.9. The van der Waals surface area contributed by atoms with Gasteiger partial charge in [-0.25, -0.2) is 0 Å². The average Bonchev–Trinajstić information content (AvgIpc) is 1.59. The standard InChI is InChI=1S/C5H13INS/c1-7(2,3)4-5-8-6/h4-5H2,1-3H3/q+1. The molecule has 0 aliphatic rings. The Labute approximate surface area is 68.0 Å². The van der Waals surface area contributed by atoms with Crippen molar-refractivity contribution in [2.45, 2.75) is 0 Å². The van der Waals surface area contributed by atoms with Crippen LogP contribution in [0.4, 0.5) is 0 Å². The van der Waals surface area contributed by atoms with Crippen LogP contribution in [0, 0.1) is 0 Å². The Morgan fingerprint density at radius 2 is 1.88 bits per heavy atom. The van der Waals surface area contributed by atoms with Gasteiger partial charge in [-0.3, -0.25) is 0 Å². The molecule has 3 heteroatoms. The van der Waals surface area contributed by atoms with Gasteiger partial charge < -0.3 is 4.48 Å². The molecule has 0 unspecified atom stereocenters. The van der Waals surface area contributed by atoms with Gasteiger partial charge in [-0.2, -0.15) is 0 Å². The maximum absolute atomic E-state index is 2.33. The topological polar surface area (TPSA) is 0 Å². The van der Waals surface area contributed by atoms with Crippen LogP contribution in [0.5, 0.6) is 0 Å². The third-order valence-electron chi connectivity index (χ3n) is 0.839. The summed E-state index contributed by atoms with van der Waals surface area (Å²) in [6.45, 7) is 1.26. The quantitative estimate of drug-likeness (QED) is 0.540. The largest absolute Gasteiger partial charge is 0.330 e. The Balaban J connectivity index is 3.11. The molecule has 0 bridgehead atoms. The van der Waals surface area contributed by atoms with Gasteiger partial charge in [0, 0.05) is 0 Å². The summed E-state index contributed by atoms with van der Waals surface area (Å²) in [7, 11) is 8.53. The zero-order valence-corrected chi connectivity index (χ0v) is 8.62. The van der Waals surface area contributed by atoms with E-state index in [0.717, 1.165) is 4.48 Å². The minimum atomic E-state index is 1.08. The van der Waals surface area contributed by atoms with Gasteiger partial charge >= 0.3 is 0 Å². The third-order valence-corrected chi connectivity index (χ3v) is 2.50. The average molecular weight is 246 g/mol. The van der Waals surface area contributed by atoms with Gasteiger partial charge in [0.25, 0.3) is 0 Å². The lowest BCUT2D eigenvalue weighted by molar-refractivity contribution is -0.867. The summed E-state index contributed by atoms with van der Waals surface area (Å²) in [6, 6.07) is 0. The van der Waals surface area contributed by atoms with Crippen molar-refractivity contribution in [3.05, 3.63) is 0 Å². The molecule has 0 fully saturated rings. The minimum Gasteiger partial charge on any atom is -0.330 e. The molecule has 0 atom stereocenters. The highest BCUT2D eigenvalue weighted by molar-refractivity contribution is 14.2. The van der Waals surface area contributed by atoms with Gasteiger partial charge in [0.1, 0.15) is 0 Å². The van der Waals surface area contributed by atoms with E-state index in [0.29, 0.717) is 0 Å². The van der Waals surface area contributed by atoms with Gasteiger partial charge in [0.2, 0.25) is 0 Å². The van der Waals surface area contributed by atoms with Crippen molar-refractivity contribution in [2.75, 3.05) is 33.4 Å². The van der Waals surface area contributed by atoms with E-state index in [9.17, 15) is 0 Å². The summed E-state index contributed by atoms with van der Waals surface area (Å²) >= 11 is 2.33. The van der Waals surface area contributed by atoms with Crippen LogP contribution in [0.3, 0.4) is 0 Å². The lowest BCUT2D eigenvalue weighted by Crippen LogP contribution is -2.36. The second-order valence-corrected chi connectivity index (χ2v) is 5.32. The molecule has 0 aromatic carbocycles. The lowest BCUT2D eigenvalue weighted by Gasteiger charge is -2.22. The van der Waals surface area contributed by atoms with E-state index in [1.165, 1.54) is 12.3 Å². The van der Waals surface area contributed by atoms with Crippen LogP contribution in [0.25, 0.3) is 0 Å². The van der Waals surface area contributed by atoms with Crippen molar-refractivity contribution in [1.29, 1.82) is 0 Å². The van der Waals surface area contributed by atoms with Crippen LogP contribution in [-0.2, 0) is 0 Å². The molecule has 0 heterocycles. The molecule has 8 heavy (non-hydrogen) atoms. The number of halogens is 1. The van der Waals surface area contributed by atoms with Gasteiger partial charge in [-0.05, 0) is 21.2 Å². The number of nitrogens with zero attached hydrogens (tertiary/aromatic N) is 1. The highest BCUT2D eigenvalue weighted by Gasteiger charge is 2.03. The predicted molar refractivity (Wildman–Crippen MR) is 49.4 cm³/mol. The molecule has 0 radical (unpaired) electrons. The summed E-state index contributed by atoms with van der Waals surface area (Å²) in [5, 5.41) is 0. The molecule has 0 aromatic rings. The summed E-state index contributed by atoms with van der Waals surface area (Å²) in [5.74, 6) is 1.25. The molecule has 0 saturated heterocycles. The molecule has 50 valence electrons. The fourth-order valence-electron chi connectivity index (χ4n) is 0.308. The van der Waals surface area contributed by atoms with Gasteiger partial charge in [-0.15, -0.1) is 0 Å². The maximum atomic E-state index is 2.33.